The maximum absolute atomic E-state index is 12.5. The molecule has 120 valence electrons. The fourth-order valence-electron chi connectivity index (χ4n) is 3.05. The Morgan fingerprint density at radius 1 is 1.38 bits per heavy atom. The van der Waals surface area contributed by atoms with Crippen LogP contribution in [0.4, 0.5) is 0 Å². The highest BCUT2D eigenvalue weighted by Crippen LogP contribution is 2.37. The van der Waals surface area contributed by atoms with Crippen molar-refractivity contribution in [2.45, 2.75) is 63.9 Å². The van der Waals surface area contributed by atoms with Crippen LogP contribution in [-0.4, -0.2) is 19.5 Å². The zero-order chi connectivity index (χ0) is 15.5. The van der Waals surface area contributed by atoms with E-state index in [1.165, 1.54) is 12.8 Å². The monoisotopic (exact) mass is 313 g/mol. The highest BCUT2D eigenvalue weighted by Gasteiger charge is 2.30. The lowest BCUT2D eigenvalue weighted by molar-refractivity contribution is 0.336. The summed E-state index contributed by atoms with van der Waals surface area (Å²) < 4.78 is 29.6. The second-order valence-electron chi connectivity index (χ2n) is 6.41. The number of aryl methyl sites for hydroxylation is 1. The summed E-state index contributed by atoms with van der Waals surface area (Å²) in [6.07, 6.45) is 7.24. The van der Waals surface area contributed by atoms with E-state index < -0.39 is 10.0 Å². The van der Waals surface area contributed by atoms with Crippen molar-refractivity contribution in [3.63, 3.8) is 0 Å². The SMILES string of the molecule is CCCn1cc(S(=O)(=O)NCC2(C)CCCC2)cc1CN. The number of hydrogen-bond acceptors (Lipinski definition) is 3. The second kappa shape index (κ2) is 6.50. The van der Waals surface area contributed by atoms with Crippen molar-refractivity contribution in [2.24, 2.45) is 11.1 Å². The molecule has 0 aromatic carbocycles. The van der Waals surface area contributed by atoms with E-state index in [1.807, 2.05) is 4.57 Å². The van der Waals surface area contributed by atoms with Crippen LogP contribution in [0.3, 0.4) is 0 Å². The Kier molecular flexibility index (Phi) is 5.11. The van der Waals surface area contributed by atoms with E-state index in [9.17, 15) is 8.42 Å². The van der Waals surface area contributed by atoms with Crippen molar-refractivity contribution >= 4 is 10.0 Å². The maximum atomic E-state index is 12.5. The molecule has 3 N–H and O–H groups in total. The predicted octanol–water partition coefficient (Wildman–Crippen LogP) is 2.22. The van der Waals surface area contributed by atoms with Gasteiger partial charge in [0, 0.05) is 31.5 Å². The lowest BCUT2D eigenvalue weighted by Crippen LogP contribution is -2.34. The van der Waals surface area contributed by atoms with E-state index >= 15 is 0 Å². The summed E-state index contributed by atoms with van der Waals surface area (Å²) in [7, 11) is -3.44. The molecule has 5 nitrogen and oxygen atoms in total. The minimum atomic E-state index is -3.44. The fraction of sp³-hybridized carbons (Fsp3) is 0.733. The minimum absolute atomic E-state index is 0.107. The van der Waals surface area contributed by atoms with Gasteiger partial charge in [-0.3, -0.25) is 0 Å². The van der Waals surface area contributed by atoms with Gasteiger partial charge in [-0.15, -0.1) is 0 Å². The van der Waals surface area contributed by atoms with E-state index in [0.29, 0.717) is 18.0 Å². The number of nitrogens with one attached hydrogen (secondary N) is 1. The van der Waals surface area contributed by atoms with E-state index in [4.69, 9.17) is 5.73 Å². The van der Waals surface area contributed by atoms with Crippen LogP contribution >= 0.6 is 0 Å². The van der Waals surface area contributed by atoms with Gasteiger partial charge in [-0.25, -0.2) is 13.1 Å². The van der Waals surface area contributed by atoms with Crippen LogP contribution in [0.5, 0.6) is 0 Å². The van der Waals surface area contributed by atoms with Crippen molar-refractivity contribution < 1.29 is 8.42 Å². The highest BCUT2D eigenvalue weighted by atomic mass is 32.2. The van der Waals surface area contributed by atoms with Crippen LogP contribution in [0, 0.1) is 5.41 Å². The van der Waals surface area contributed by atoms with Gasteiger partial charge in [-0.1, -0.05) is 26.7 Å². The lowest BCUT2D eigenvalue weighted by atomic mass is 9.89. The van der Waals surface area contributed by atoms with Crippen LogP contribution in [0.15, 0.2) is 17.2 Å². The number of hydrogen-bond donors (Lipinski definition) is 2. The van der Waals surface area contributed by atoms with Crippen molar-refractivity contribution in [1.82, 2.24) is 9.29 Å². The second-order valence-corrected chi connectivity index (χ2v) is 8.17. The number of nitrogens with zero attached hydrogens (tertiary/aromatic N) is 1. The Labute approximate surface area is 128 Å². The largest absolute Gasteiger partial charge is 0.349 e. The third kappa shape index (κ3) is 3.87. The van der Waals surface area contributed by atoms with Gasteiger partial charge in [0.2, 0.25) is 10.0 Å². The third-order valence-corrected chi connectivity index (χ3v) is 5.81. The molecule has 1 saturated carbocycles. The number of sulfonamides is 1. The first kappa shape index (κ1) is 16.5. The summed E-state index contributed by atoms with van der Waals surface area (Å²) in [5, 5.41) is 0. The van der Waals surface area contributed by atoms with E-state index in [1.54, 1.807) is 12.3 Å². The zero-order valence-electron chi connectivity index (χ0n) is 13.1. The van der Waals surface area contributed by atoms with Crippen molar-refractivity contribution in [3.05, 3.63) is 18.0 Å². The molecule has 0 saturated heterocycles. The third-order valence-electron chi connectivity index (χ3n) is 4.44. The van der Waals surface area contributed by atoms with E-state index in [2.05, 4.69) is 18.6 Å². The molecule has 0 atom stereocenters. The normalized spacial score (nSPS) is 18.2. The van der Waals surface area contributed by atoms with Gasteiger partial charge >= 0.3 is 0 Å². The molecule has 1 fully saturated rings. The maximum Gasteiger partial charge on any atom is 0.242 e. The van der Waals surface area contributed by atoms with Crippen LogP contribution < -0.4 is 10.5 Å². The predicted molar refractivity (Wildman–Crippen MR) is 84.4 cm³/mol. The molecule has 0 bridgehead atoms. The molecule has 0 amide bonds. The smallest absolute Gasteiger partial charge is 0.242 e. The molecule has 0 spiro atoms. The van der Waals surface area contributed by atoms with Gasteiger partial charge in [0.15, 0.2) is 0 Å². The zero-order valence-corrected chi connectivity index (χ0v) is 13.9. The summed E-state index contributed by atoms with van der Waals surface area (Å²) in [6, 6.07) is 1.69. The first-order valence-electron chi connectivity index (χ1n) is 7.79. The standard InChI is InChI=1S/C15H27N3O2S/c1-3-8-18-11-14(9-13(18)10-16)21(19,20)17-12-15(2)6-4-5-7-15/h9,11,17H,3-8,10,12,16H2,1-2H3. The molecule has 0 unspecified atom stereocenters. The van der Waals surface area contributed by atoms with Gasteiger partial charge in [0.05, 0.1) is 4.90 Å². The first-order chi connectivity index (χ1) is 9.90. The minimum Gasteiger partial charge on any atom is -0.349 e. The molecular weight excluding hydrogens is 286 g/mol. The molecule has 0 aliphatic heterocycles. The van der Waals surface area contributed by atoms with E-state index in [0.717, 1.165) is 31.5 Å². The van der Waals surface area contributed by atoms with Crippen molar-refractivity contribution in [2.75, 3.05) is 6.54 Å². The van der Waals surface area contributed by atoms with Crippen molar-refractivity contribution in [3.8, 4) is 0 Å². The number of aromatic nitrogens is 1. The molecule has 1 aliphatic rings. The molecule has 1 heterocycles. The highest BCUT2D eigenvalue weighted by molar-refractivity contribution is 7.89. The molecule has 21 heavy (non-hydrogen) atoms. The summed E-state index contributed by atoms with van der Waals surface area (Å²) >= 11 is 0. The quantitative estimate of drug-likeness (QED) is 0.810. The Balaban J connectivity index is 2.11. The van der Waals surface area contributed by atoms with Gasteiger partial charge < -0.3 is 10.3 Å². The molecule has 2 rings (SSSR count). The van der Waals surface area contributed by atoms with Gasteiger partial charge in [0.25, 0.3) is 0 Å². The Morgan fingerprint density at radius 2 is 2.05 bits per heavy atom. The molecule has 0 radical (unpaired) electrons. The number of rotatable bonds is 7. The number of nitrogens with two attached hydrogens (primary N) is 1. The Hall–Kier alpha value is -0.850. The molecular formula is C15H27N3O2S. The fourth-order valence-corrected chi connectivity index (χ4v) is 4.31. The average molecular weight is 313 g/mol. The molecule has 1 aromatic heterocycles. The Morgan fingerprint density at radius 3 is 2.62 bits per heavy atom. The Bertz CT molecular complexity index is 572. The van der Waals surface area contributed by atoms with E-state index in [-0.39, 0.29) is 5.41 Å². The van der Waals surface area contributed by atoms with Crippen LogP contribution in [0.2, 0.25) is 0 Å². The summed E-state index contributed by atoms with van der Waals surface area (Å²) in [6.45, 7) is 5.89. The molecule has 6 heteroatoms. The van der Waals surface area contributed by atoms with Gasteiger partial charge in [-0.2, -0.15) is 0 Å². The summed E-state index contributed by atoms with van der Waals surface area (Å²) in [4.78, 5) is 0.331. The van der Waals surface area contributed by atoms with Crippen LogP contribution in [0.25, 0.3) is 0 Å². The molecule has 1 aromatic rings. The first-order valence-corrected chi connectivity index (χ1v) is 9.27. The lowest BCUT2D eigenvalue weighted by Gasteiger charge is -2.23. The van der Waals surface area contributed by atoms with Gasteiger partial charge in [-0.05, 0) is 30.7 Å². The van der Waals surface area contributed by atoms with Crippen LogP contribution in [-0.2, 0) is 23.1 Å². The molecule has 1 aliphatic carbocycles. The average Bonchev–Trinajstić information content (AvgIpc) is 3.05. The van der Waals surface area contributed by atoms with Crippen molar-refractivity contribution in [1.29, 1.82) is 0 Å². The summed E-state index contributed by atoms with van der Waals surface area (Å²) in [5.41, 5.74) is 6.67. The topological polar surface area (TPSA) is 77.1 Å². The van der Waals surface area contributed by atoms with Gasteiger partial charge in [0.1, 0.15) is 0 Å². The van der Waals surface area contributed by atoms with Crippen LogP contribution in [0.1, 0.15) is 51.6 Å². The summed E-state index contributed by atoms with van der Waals surface area (Å²) in [5.74, 6) is 0.